The number of likely N-dealkylation sites (N-methyl/N-ethyl adjacent to an activating group) is 1. The highest BCUT2D eigenvalue weighted by atomic mass is 16.5. The Bertz CT molecular complexity index is 233. The molecule has 0 radical (unpaired) electrons. The van der Waals surface area contributed by atoms with Gasteiger partial charge in [-0.1, -0.05) is 0 Å². The van der Waals surface area contributed by atoms with Crippen LogP contribution in [-0.4, -0.2) is 61.5 Å². The van der Waals surface area contributed by atoms with Crippen LogP contribution in [0.25, 0.3) is 0 Å². The largest absolute Gasteiger partial charge is 0.469 e. The number of hydrogen-bond donors (Lipinski definition) is 1. The van der Waals surface area contributed by atoms with Crippen LogP contribution in [0.3, 0.4) is 0 Å². The number of morpholine rings is 1. The van der Waals surface area contributed by atoms with Crippen molar-refractivity contribution in [3.05, 3.63) is 0 Å². The summed E-state index contributed by atoms with van der Waals surface area (Å²) in [5.41, 5.74) is -0.578. The molecule has 0 bridgehead atoms. The number of carbonyl (C=O) groups is 1. The first-order chi connectivity index (χ1) is 6.99. The highest BCUT2D eigenvalue weighted by Gasteiger charge is 2.36. The van der Waals surface area contributed by atoms with Gasteiger partial charge in [-0.25, -0.2) is 0 Å². The molecule has 1 N–H and O–H groups in total. The average molecular weight is 217 g/mol. The first-order valence-electron chi connectivity index (χ1n) is 5.03. The molecule has 5 nitrogen and oxygen atoms in total. The van der Waals surface area contributed by atoms with Crippen LogP contribution in [0.5, 0.6) is 0 Å². The third-order valence-corrected chi connectivity index (χ3v) is 2.53. The van der Waals surface area contributed by atoms with Gasteiger partial charge in [0.2, 0.25) is 0 Å². The summed E-state index contributed by atoms with van der Waals surface area (Å²) in [6.07, 6.45) is 0.0320. The number of methoxy groups -OCH3 is 1. The molecule has 15 heavy (non-hydrogen) atoms. The van der Waals surface area contributed by atoms with Crippen molar-refractivity contribution in [1.29, 1.82) is 0 Å². The maximum atomic E-state index is 11.1. The van der Waals surface area contributed by atoms with Crippen LogP contribution in [-0.2, 0) is 14.3 Å². The van der Waals surface area contributed by atoms with E-state index in [-0.39, 0.29) is 25.1 Å². The van der Waals surface area contributed by atoms with E-state index in [0.29, 0.717) is 13.1 Å². The van der Waals surface area contributed by atoms with Crippen LogP contribution in [0, 0.1) is 0 Å². The summed E-state index contributed by atoms with van der Waals surface area (Å²) in [6.45, 7) is 3.15. The lowest BCUT2D eigenvalue weighted by molar-refractivity contribution is -0.171. The van der Waals surface area contributed by atoms with Crippen LogP contribution >= 0.6 is 0 Å². The fourth-order valence-electron chi connectivity index (χ4n) is 1.92. The predicted molar refractivity (Wildman–Crippen MR) is 54.5 cm³/mol. The number of ether oxygens (including phenoxy) is 2. The van der Waals surface area contributed by atoms with E-state index in [2.05, 4.69) is 4.74 Å². The topological polar surface area (TPSA) is 59.0 Å². The molecule has 0 aromatic rings. The summed E-state index contributed by atoms with van der Waals surface area (Å²) in [4.78, 5) is 13.2. The summed E-state index contributed by atoms with van der Waals surface area (Å²) >= 11 is 0. The molecular formula is C10H19NO4. The summed E-state index contributed by atoms with van der Waals surface area (Å²) in [7, 11) is 3.31. The van der Waals surface area contributed by atoms with Crippen LogP contribution in [0.2, 0.25) is 0 Å². The highest BCUT2D eigenvalue weighted by molar-refractivity contribution is 5.69. The summed E-state index contributed by atoms with van der Waals surface area (Å²) in [6, 6.07) is 0. The first-order valence-corrected chi connectivity index (χ1v) is 5.03. The molecule has 0 aromatic carbocycles. The van der Waals surface area contributed by atoms with E-state index in [1.165, 1.54) is 7.11 Å². The van der Waals surface area contributed by atoms with Gasteiger partial charge in [0.05, 0.1) is 26.2 Å². The van der Waals surface area contributed by atoms with Crippen molar-refractivity contribution in [2.24, 2.45) is 0 Å². The van der Waals surface area contributed by atoms with Crippen molar-refractivity contribution in [3.8, 4) is 0 Å². The lowest BCUT2D eigenvalue weighted by atomic mass is 10.0. The third-order valence-electron chi connectivity index (χ3n) is 2.53. The fraction of sp³-hybridized carbons (Fsp3) is 0.900. The van der Waals surface area contributed by atoms with Gasteiger partial charge in [0.15, 0.2) is 0 Å². The van der Waals surface area contributed by atoms with Crippen LogP contribution in [0.15, 0.2) is 0 Å². The zero-order chi connectivity index (χ0) is 11.5. The Labute approximate surface area is 90.0 Å². The van der Waals surface area contributed by atoms with Crippen molar-refractivity contribution in [2.75, 3.05) is 33.9 Å². The lowest BCUT2D eigenvalue weighted by Crippen LogP contribution is -2.55. The maximum absolute atomic E-state index is 11.1. The number of carbonyl (C=O) groups excluding carboxylic acids is 1. The number of nitrogens with zero attached hydrogens (tertiary/aromatic N) is 1. The third kappa shape index (κ3) is 3.44. The molecule has 88 valence electrons. The van der Waals surface area contributed by atoms with Gasteiger partial charge in [0.1, 0.15) is 5.60 Å². The van der Waals surface area contributed by atoms with E-state index in [1.807, 2.05) is 18.9 Å². The van der Waals surface area contributed by atoms with Gasteiger partial charge < -0.3 is 19.5 Å². The Morgan fingerprint density at radius 1 is 1.73 bits per heavy atom. The Morgan fingerprint density at radius 3 is 2.93 bits per heavy atom. The van der Waals surface area contributed by atoms with Gasteiger partial charge in [-0.2, -0.15) is 0 Å². The zero-order valence-corrected chi connectivity index (χ0v) is 9.52. The molecule has 2 atom stereocenters. The molecule has 1 rings (SSSR count). The Hall–Kier alpha value is -0.650. The second-order valence-electron chi connectivity index (χ2n) is 4.32. The quantitative estimate of drug-likeness (QED) is 0.654. The molecule has 0 amide bonds. The summed E-state index contributed by atoms with van der Waals surface area (Å²) in [5, 5.41) is 9.21. The monoisotopic (exact) mass is 217 g/mol. The fourth-order valence-corrected chi connectivity index (χ4v) is 1.92. The van der Waals surface area contributed by atoms with Gasteiger partial charge in [-0.05, 0) is 14.0 Å². The molecule has 0 spiro atoms. The summed E-state index contributed by atoms with van der Waals surface area (Å²) < 4.78 is 10.3. The smallest absolute Gasteiger partial charge is 0.308 e. The molecule has 1 aliphatic heterocycles. The zero-order valence-electron chi connectivity index (χ0n) is 9.52. The molecule has 1 aliphatic rings. The van der Waals surface area contributed by atoms with Crippen LogP contribution < -0.4 is 0 Å². The molecule has 0 unspecified atom stereocenters. The molecule has 0 saturated carbocycles. The van der Waals surface area contributed by atoms with E-state index in [0.717, 1.165) is 0 Å². The number of aliphatic hydroxyl groups is 1. The molecule has 1 saturated heterocycles. The minimum absolute atomic E-state index is 0.0466. The van der Waals surface area contributed by atoms with E-state index in [9.17, 15) is 9.90 Å². The number of esters is 1. The van der Waals surface area contributed by atoms with Gasteiger partial charge >= 0.3 is 5.97 Å². The molecule has 1 fully saturated rings. The summed E-state index contributed by atoms with van der Waals surface area (Å²) in [5.74, 6) is -0.282. The van der Waals surface area contributed by atoms with Crippen molar-refractivity contribution in [3.63, 3.8) is 0 Å². The highest BCUT2D eigenvalue weighted by Crippen LogP contribution is 2.21. The van der Waals surface area contributed by atoms with Gasteiger partial charge in [-0.15, -0.1) is 0 Å². The Kier molecular flexibility index (Phi) is 4.07. The van der Waals surface area contributed by atoms with Crippen LogP contribution in [0.1, 0.15) is 13.3 Å². The molecule has 1 heterocycles. The van der Waals surface area contributed by atoms with Gasteiger partial charge in [0.25, 0.3) is 0 Å². The second-order valence-corrected chi connectivity index (χ2v) is 4.32. The molecular weight excluding hydrogens is 198 g/mol. The lowest BCUT2D eigenvalue weighted by Gasteiger charge is -2.42. The number of aliphatic hydroxyl groups excluding tert-OH is 1. The van der Waals surface area contributed by atoms with E-state index in [1.54, 1.807) is 0 Å². The standard InChI is InChI=1S/C10H19NO4/c1-10(7-12)6-11(2)5-8(15-10)4-9(13)14-3/h8,12H,4-7H2,1-3H3/t8-,10-/m0/s1. The molecule has 0 aliphatic carbocycles. The Morgan fingerprint density at radius 2 is 2.40 bits per heavy atom. The van der Waals surface area contributed by atoms with Gasteiger partial charge in [-0.3, -0.25) is 4.79 Å². The first kappa shape index (κ1) is 12.4. The van der Waals surface area contributed by atoms with Gasteiger partial charge in [0, 0.05) is 13.1 Å². The van der Waals surface area contributed by atoms with E-state index >= 15 is 0 Å². The van der Waals surface area contributed by atoms with Crippen molar-refractivity contribution in [2.45, 2.75) is 25.0 Å². The number of rotatable bonds is 3. The second kappa shape index (κ2) is 4.92. The van der Waals surface area contributed by atoms with Crippen molar-refractivity contribution >= 4 is 5.97 Å². The Balaban J connectivity index is 2.55. The predicted octanol–water partition coefficient (Wildman–Crippen LogP) is -0.369. The minimum Gasteiger partial charge on any atom is -0.469 e. The maximum Gasteiger partial charge on any atom is 0.308 e. The average Bonchev–Trinajstić information content (AvgIpc) is 2.16. The van der Waals surface area contributed by atoms with Crippen molar-refractivity contribution in [1.82, 2.24) is 4.90 Å². The normalized spacial score (nSPS) is 32.7. The van der Waals surface area contributed by atoms with E-state index in [4.69, 9.17) is 4.74 Å². The molecule has 5 heteroatoms. The SMILES string of the molecule is COC(=O)C[C@H]1CN(C)C[C@@](C)(CO)O1. The number of hydrogen-bond acceptors (Lipinski definition) is 5. The van der Waals surface area contributed by atoms with E-state index < -0.39 is 5.60 Å². The van der Waals surface area contributed by atoms with Crippen molar-refractivity contribution < 1.29 is 19.4 Å². The van der Waals surface area contributed by atoms with Crippen LogP contribution in [0.4, 0.5) is 0 Å². The minimum atomic E-state index is -0.578. The molecule has 0 aromatic heterocycles.